The quantitative estimate of drug-likeness (QED) is 0.755. The van der Waals surface area contributed by atoms with Gasteiger partial charge in [-0.1, -0.05) is 17.7 Å². The lowest BCUT2D eigenvalue weighted by atomic mass is 10.2. The molecule has 1 N–H and O–H groups in total. The first-order valence-electron chi connectivity index (χ1n) is 7.95. The van der Waals surface area contributed by atoms with Crippen molar-refractivity contribution in [2.24, 2.45) is 0 Å². The molecule has 0 saturated heterocycles. The van der Waals surface area contributed by atoms with Crippen molar-refractivity contribution in [2.75, 3.05) is 30.1 Å². The summed E-state index contributed by atoms with van der Waals surface area (Å²) in [5, 5.41) is 3.13. The molecule has 0 aliphatic rings. The predicted octanol–water partition coefficient (Wildman–Crippen LogP) is 3.15. The van der Waals surface area contributed by atoms with Crippen molar-refractivity contribution in [1.29, 1.82) is 0 Å². The lowest BCUT2D eigenvalue weighted by Gasteiger charge is -2.28. The van der Waals surface area contributed by atoms with E-state index in [1.807, 2.05) is 0 Å². The SMILES string of the molecule is COc1ccc(N([C@H](C)C(=O)Nc2cccc(Cl)c2)S(C)(=O)=O)cc1OC. The molecule has 0 saturated carbocycles. The lowest BCUT2D eigenvalue weighted by molar-refractivity contribution is -0.116. The average Bonchev–Trinajstić information content (AvgIpc) is 2.60. The molecule has 27 heavy (non-hydrogen) atoms. The molecule has 0 spiro atoms. The van der Waals surface area contributed by atoms with Crippen LogP contribution in [0.2, 0.25) is 5.02 Å². The molecule has 0 unspecified atom stereocenters. The van der Waals surface area contributed by atoms with Crippen LogP contribution in [-0.2, 0) is 14.8 Å². The first-order valence-corrected chi connectivity index (χ1v) is 10.2. The minimum Gasteiger partial charge on any atom is -0.493 e. The Balaban J connectivity index is 2.37. The van der Waals surface area contributed by atoms with Gasteiger partial charge in [0.1, 0.15) is 6.04 Å². The number of nitrogens with one attached hydrogen (secondary N) is 1. The fourth-order valence-electron chi connectivity index (χ4n) is 2.58. The van der Waals surface area contributed by atoms with Gasteiger partial charge in [0.15, 0.2) is 11.5 Å². The van der Waals surface area contributed by atoms with E-state index in [2.05, 4.69) is 5.32 Å². The van der Waals surface area contributed by atoms with Crippen LogP contribution in [0.5, 0.6) is 11.5 Å². The molecule has 1 amide bonds. The second kappa shape index (κ2) is 8.49. The van der Waals surface area contributed by atoms with E-state index in [-0.39, 0.29) is 5.69 Å². The average molecular weight is 413 g/mol. The monoisotopic (exact) mass is 412 g/mol. The maximum Gasteiger partial charge on any atom is 0.247 e. The van der Waals surface area contributed by atoms with Crippen molar-refractivity contribution < 1.29 is 22.7 Å². The molecule has 146 valence electrons. The van der Waals surface area contributed by atoms with Gasteiger partial charge in [0, 0.05) is 16.8 Å². The third-order valence-corrected chi connectivity index (χ3v) is 5.28. The van der Waals surface area contributed by atoms with Crippen LogP contribution >= 0.6 is 11.6 Å². The summed E-state index contributed by atoms with van der Waals surface area (Å²) in [5.41, 5.74) is 0.754. The van der Waals surface area contributed by atoms with Gasteiger partial charge >= 0.3 is 0 Å². The molecule has 1 atom stereocenters. The summed E-state index contributed by atoms with van der Waals surface area (Å²) in [4.78, 5) is 12.6. The fraction of sp³-hybridized carbons (Fsp3) is 0.278. The van der Waals surface area contributed by atoms with Crippen LogP contribution in [0.4, 0.5) is 11.4 Å². The van der Waals surface area contributed by atoms with Gasteiger partial charge in [0.25, 0.3) is 0 Å². The Kier molecular flexibility index (Phi) is 6.56. The number of hydrogen-bond acceptors (Lipinski definition) is 5. The van der Waals surface area contributed by atoms with Crippen molar-refractivity contribution in [1.82, 2.24) is 0 Å². The Morgan fingerprint density at radius 1 is 1.11 bits per heavy atom. The highest BCUT2D eigenvalue weighted by Gasteiger charge is 2.30. The van der Waals surface area contributed by atoms with Crippen molar-refractivity contribution in [3.05, 3.63) is 47.5 Å². The smallest absolute Gasteiger partial charge is 0.247 e. The molecule has 2 aromatic rings. The molecule has 0 radical (unpaired) electrons. The second-order valence-electron chi connectivity index (χ2n) is 5.77. The third-order valence-electron chi connectivity index (χ3n) is 3.80. The standard InChI is InChI=1S/C18H21ClN2O5S/c1-12(18(22)20-14-7-5-6-13(19)10-14)21(27(4,23)24)15-8-9-16(25-2)17(11-15)26-3/h5-12H,1-4H3,(H,20,22)/t12-/m1/s1. The van der Waals surface area contributed by atoms with Crippen LogP contribution in [0.3, 0.4) is 0 Å². The normalized spacial score (nSPS) is 12.2. The molecule has 0 heterocycles. The summed E-state index contributed by atoms with van der Waals surface area (Å²) in [5.74, 6) is 0.300. The summed E-state index contributed by atoms with van der Waals surface area (Å²) in [6.45, 7) is 1.50. The summed E-state index contributed by atoms with van der Waals surface area (Å²) in [6, 6.07) is 10.2. The minimum absolute atomic E-state index is 0.281. The summed E-state index contributed by atoms with van der Waals surface area (Å²) >= 11 is 5.92. The molecule has 2 rings (SSSR count). The van der Waals surface area contributed by atoms with Gasteiger partial charge in [0.05, 0.1) is 26.2 Å². The molecule has 0 aromatic heterocycles. The fourth-order valence-corrected chi connectivity index (χ4v) is 3.94. The number of sulfonamides is 1. The predicted molar refractivity (Wildman–Crippen MR) is 106 cm³/mol. The van der Waals surface area contributed by atoms with Crippen LogP contribution in [0.15, 0.2) is 42.5 Å². The molecule has 2 aromatic carbocycles. The topological polar surface area (TPSA) is 84.9 Å². The first-order chi connectivity index (χ1) is 12.7. The zero-order chi connectivity index (χ0) is 20.2. The highest BCUT2D eigenvalue weighted by Crippen LogP contribution is 2.33. The number of halogens is 1. The Bertz CT molecular complexity index is 933. The number of anilines is 2. The van der Waals surface area contributed by atoms with Gasteiger partial charge in [-0.15, -0.1) is 0 Å². The zero-order valence-electron chi connectivity index (χ0n) is 15.4. The van der Waals surface area contributed by atoms with Gasteiger partial charge in [0.2, 0.25) is 15.9 Å². The first kappa shape index (κ1) is 20.9. The van der Waals surface area contributed by atoms with Crippen LogP contribution in [0.25, 0.3) is 0 Å². The lowest BCUT2D eigenvalue weighted by Crippen LogP contribution is -2.45. The number of carbonyl (C=O) groups excluding carboxylic acids is 1. The van der Waals surface area contributed by atoms with E-state index in [0.717, 1.165) is 10.6 Å². The molecule has 0 bridgehead atoms. The third kappa shape index (κ3) is 5.05. The van der Waals surface area contributed by atoms with Gasteiger partial charge in [-0.2, -0.15) is 0 Å². The maximum absolute atomic E-state index is 12.6. The van der Waals surface area contributed by atoms with Crippen LogP contribution < -0.4 is 19.1 Å². The number of hydrogen-bond donors (Lipinski definition) is 1. The molecule has 9 heteroatoms. The summed E-state index contributed by atoms with van der Waals surface area (Å²) in [7, 11) is -0.832. The number of carbonyl (C=O) groups is 1. The second-order valence-corrected chi connectivity index (χ2v) is 8.07. The van der Waals surface area contributed by atoms with Gasteiger partial charge in [-0.3, -0.25) is 9.10 Å². The number of benzene rings is 2. The molecule has 0 aliphatic heterocycles. The van der Waals surface area contributed by atoms with E-state index < -0.39 is 22.0 Å². The van der Waals surface area contributed by atoms with Crippen LogP contribution in [-0.4, -0.2) is 40.8 Å². The minimum atomic E-state index is -3.76. The van der Waals surface area contributed by atoms with Crippen molar-refractivity contribution in [2.45, 2.75) is 13.0 Å². The Labute approximate surface area is 163 Å². The number of ether oxygens (including phenoxy) is 2. The van der Waals surface area contributed by atoms with Crippen molar-refractivity contribution in [3.8, 4) is 11.5 Å². The largest absolute Gasteiger partial charge is 0.493 e. The van der Waals surface area contributed by atoms with E-state index in [9.17, 15) is 13.2 Å². The van der Waals surface area contributed by atoms with Gasteiger partial charge in [-0.25, -0.2) is 8.42 Å². The Morgan fingerprint density at radius 3 is 2.33 bits per heavy atom. The van der Waals surface area contributed by atoms with Gasteiger partial charge in [-0.05, 0) is 37.3 Å². The van der Waals surface area contributed by atoms with Gasteiger partial charge < -0.3 is 14.8 Å². The highest BCUT2D eigenvalue weighted by atomic mass is 35.5. The van der Waals surface area contributed by atoms with E-state index >= 15 is 0 Å². The maximum atomic E-state index is 12.6. The van der Waals surface area contributed by atoms with Crippen molar-refractivity contribution in [3.63, 3.8) is 0 Å². The molecular weight excluding hydrogens is 392 g/mol. The number of rotatable bonds is 7. The summed E-state index contributed by atoms with van der Waals surface area (Å²) < 4.78 is 36.2. The molecular formula is C18H21ClN2O5S. The Hall–Kier alpha value is -2.45. The van der Waals surface area contributed by atoms with Crippen LogP contribution in [0, 0.1) is 0 Å². The Morgan fingerprint density at radius 2 is 1.78 bits per heavy atom. The summed E-state index contributed by atoms with van der Waals surface area (Å²) in [6.07, 6.45) is 1.03. The van der Waals surface area contributed by atoms with E-state index in [0.29, 0.717) is 22.2 Å². The van der Waals surface area contributed by atoms with Crippen LogP contribution in [0.1, 0.15) is 6.92 Å². The van der Waals surface area contributed by atoms with E-state index in [4.69, 9.17) is 21.1 Å². The molecule has 0 aliphatic carbocycles. The zero-order valence-corrected chi connectivity index (χ0v) is 17.0. The molecule has 7 nitrogen and oxygen atoms in total. The van der Waals surface area contributed by atoms with E-state index in [1.165, 1.54) is 27.2 Å². The van der Waals surface area contributed by atoms with Crippen molar-refractivity contribution >= 4 is 38.9 Å². The number of amides is 1. The number of nitrogens with zero attached hydrogens (tertiary/aromatic N) is 1. The number of methoxy groups -OCH3 is 2. The highest BCUT2D eigenvalue weighted by molar-refractivity contribution is 7.92. The van der Waals surface area contributed by atoms with E-state index in [1.54, 1.807) is 36.4 Å². The molecule has 0 fully saturated rings.